The van der Waals surface area contributed by atoms with E-state index in [2.05, 4.69) is 15.8 Å². The summed E-state index contributed by atoms with van der Waals surface area (Å²) in [6.07, 6.45) is 1.23. The van der Waals surface area contributed by atoms with E-state index in [-0.39, 0.29) is 5.91 Å². The Balaban J connectivity index is 2.19. The third kappa shape index (κ3) is 2.15. The highest BCUT2D eigenvalue weighted by atomic mass is 16.2. The molecule has 15 heavy (non-hydrogen) atoms. The normalized spacial score (nSPS) is 15.5. The minimum absolute atomic E-state index is 0.00871. The fourth-order valence-corrected chi connectivity index (χ4v) is 1.51. The van der Waals surface area contributed by atoms with E-state index >= 15 is 0 Å². The molecule has 4 nitrogen and oxygen atoms in total. The maximum atomic E-state index is 10.9. The summed E-state index contributed by atoms with van der Waals surface area (Å²) in [4.78, 5) is 10.9. The van der Waals surface area contributed by atoms with Crippen LogP contribution < -0.4 is 10.7 Å². The molecule has 0 aliphatic carbocycles. The van der Waals surface area contributed by atoms with Gasteiger partial charge in [-0.25, -0.2) is 5.43 Å². The number of carbonyl (C=O) groups excluding carboxylic acids is 1. The first-order chi connectivity index (χ1) is 7.29. The fraction of sp³-hybridized carbons (Fsp3) is 0.273. The average molecular weight is 203 g/mol. The Labute approximate surface area is 88.4 Å². The Morgan fingerprint density at radius 2 is 2.00 bits per heavy atom. The highest BCUT2D eigenvalue weighted by molar-refractivity contribution is 6.04. The molecule has 0 saturated carbocycles. The lowest BCUT2D eigenvalue weighted by Gasteiger charge is -2.12. The maximum Gasteiger partial charge on any atom is 0.240 e. The molecule has 0 spiro atoms. The number of hydrazone groups is 1. The van der Waals surface area contributed by atoms with Gasteiger partial charge in [0.25, 0.3) is 0 Å². The van der Waals surface area contributed by atoms with E-state index in [1.54, 1.807) is 0 Å². The summed E-state index contributed by atoms with van der Waals surface area (Å²) >= 11 is 0. The molecule has 0 aromatic heterocycles. The molecule has 4 heteroatoms. The molecular formula is C11H13N3O. The molecule has 1 aliphatic heterocycles. The molecule has 0 saturated heterocycles. The zero-order valence-corrected chi connectivity index (χ0v) is 8.58. The summed E-state index contributed by atoms with van der Waals surface area (Å²) in [5, 5.41) is 7.09. The van der Waals surface area contributed by atoms with Crippen LogP contribution in [0.25, 0.3) is 0 Å². The van der Waals surface area contributed by atoms with Crippen molar-refractivity contribution in [3.05, 3.63) is 29.8 Å². The van der Waals surface area contributed by atoms with Gasteiger partial charge in [0.1, 0.15) is 0 Å². The molecule has 0 radical (unpaired) electrons. The summed E-state index contributed by atoms with van der Waals surface area (Å²) in [5.74, 6) is -0.00871. The second-order valence-electron chi connectivity index (χ2n) is 3.42. The molecule has 0 bridgehead atoms. The van der Waals surface area contributed by atoms with Crippen LogP contribution in [0.1, 0.15) is 18.4 Å². The van der Waals surface area contributed by atoms with Gasteiger partial charge in [0, 0.05) is 25.6 Å². The van der Waals surface area contributed by atoms with E-state index in [1.807, 2.05) is 31.3 Å². The first-order valence-corrected chi connectivity index (χ1v) is 4.93. The van der Waals surface area contributed by atoms with Crippen molar-refractivity contribution in [2.75, 3.05) is 12.4 Å². The van der Waals surface area contributed by atoms with Crippen molar-refractivity contribution in [3.8, 4) is 0 Å². The first kappa shape index (κ1) is 9.71. The van der Waals surface area contributed by atoms with Crippen LogP contribution in [0.2, 0.25) is 0 Å². The lowest BCUT2D eigenvalue weighted by Crippen LogP contribution is -2.25. The predicted molar refractivity (Wildman–Crippen MR) is 59.9 cm³/mol. The van der Waals surface area contributed by atoms with E-state index in [9.17, 15) is 4.79 Å². The second-order valence-corrected chi connectivity index (χ2v) is 3.42. The van der Waals surface area contributed by atoms with Gasteiger partial charge in [-0.1, -0.05) is 12.1 Å². The fourth-order valence-electron chi connectivity index (χ4n) is 1.51. The Morgan fingerprint density at radius 3 is 2.53 bits per heavy atom. The maximum absolute atomic E-state index is 10.9. The summed E-state index contributed by atoms with van der Waals surface area (Å²) in [5.41, 5.74) is 5.57. The third-order valence-electron chi connectivity index (χ3n) is 2.41. The second kappa shape index (κ2) is 4.13. The van der Waals surface area contributed by atoms with Crippen LogP contribution >= 0.6 is 0 Å². The number of nitrogens with zero attached hydrogens (tertiary/aromatic N) is 1. The van der Waals surface area contributed by atoms with Gasteiger partial charge in [0.15, 0.2) is 0 Å². The van der Waals surface area contributed by atoms with Crippen LogP contribution in [0.3, 0.4) is 0 Å². The summed E-state index contributed by atoms with van der Waals surface area (Å²) in [6.45, 7) is 0. The number of benzene rings is 1. The number of rotatable bonds is 2. The third-order valence-corrected chi connectivity index (χ3v) is 2.41. The number of nitrogens with one attached hydrogen (secondary N) is 2. The van der Waals surface area contributed by atoms with Crippen LogP contribution in [0, 0.1) is 0 Å². The van der Waals surface area contributed by atoms with Gasteiger partial charge in [0.2, 0.25) is 5.91 Å². The minimum atomic E-state index is -0.00871. The molecule has 0 atom stereocenters. The van der Waals surface area contributed by atoms with Crippen LogP contribution in [-0.4, -0.2) is 18.7 Å². The van der Waals surface area contributed by atoms with Crippen molar-refractivity contribution in [1.82, 2.24) is 5.43 Å². The lowest BCUT2D eigenvalue weighted by molar-refractivity contribution is -0.121. The zero-order valence-electron chi connectivity index (χ0n) is 8.58. The number of amides is 1. The van der Waals surface area contributed by atoms with Gasteiger partial charge < -0.3 is 5.32 Å². The topological polar surface area (TPSA) is 53.5 Å². The van der Waals surface area contributed by atoms with Crippen LogP contribution in [0.5, 0.6) is 0 Å². The van der Waals surface area contributed by atoms with Crippen molar-refractivity contribution >= 4 is 17.3 Å². The van der Waals surface area contributed by atoms with Crippen LogP contribution in [-0.2, 0) is 4.79 Å². The van der Waals surface area contributed by atoms with Crippen LogP contribution in [0.4, 0.5) is 5.69 Å². The Hall–Kier alpha value is -1.84. The number of hydrogen-bond acceptors (Lipinski definition) is 3. The smallest absolute Gasteiger partial charge is 0.240 e. The molecular weight excluding hydrogens is 190 g/mol. The summed E-state index contributed by atoms with van der Waals surface area (Å²) in [7, 11) is 1.88. The summed E-state index contributed by atoms with van der Waals surface area (Å²) in [6, 6.07) is 7.99. The molecule has 1 aliphatic rings. The Morgan fingerprint density at radius 1 is 1.27 bits per heavy atom. The zero-order chi connectivity index (χ0) is 10.7. The quantitative estimate of drug-likeness (QED) is 0.762. The predicted octanol–water partition coefficient (Wildman–Crippen LogP) is 1.34. The Bertz CT molecular complexity index is 395. The molecule has 2 N–H and O–H groups in total. The summed E-state index contributed by atoms with van der Waals surface area (Å²) < 4.78 is 0. The Kier molecular flexibility index (Phi) is 2.67. The molecule has 0 unspecified atom stereocenters. The van der Waals surface area contributed by atoms with E-state index in [0.29, 0.717) is 12.8 Å². The van der Waals surface area contributed by atoms with Gasteiger partial charge in [-0.2, -0.15) is 5.10 Å². The van der Waals surface area contributed by atoms with Crippen molar-refractivity contribution < 1.29 is 4.79 Å². The molecule has 1 aromatic rings. The lowest BCUT2D eigenvalue weighted by atomic mass is 10.0. The molecule has 1 aromatic carbocycles. The molecule has 1 heterocycles. The molecule has 78 valence electrons. The monoisotopic (exact) mass is 203 g/mol. The number of anilines is 1. The van der Waals surface area contributed by atoms with Crippen molar-refractivity contribution in [2.45, 2.75) is 12.8 Å². The average Bonchev–Trinajstić information content (AvgIpc) is 2.30. The van der Waals surface area contributed by atoms with Gasteiger partial charge in [0.05, 0.1) is 5.71 Å². The van der Waals surface area contributed by atoms with E-state index in [1.165, 1.54) is 0 Å². The van der Waals surface area contributed by atoms with Gasteiger partial charge >= 0.3 is 0 Å². The van der Waals surface area contributed by atoms with Gasteiger partial charge in [-0.05, 0) is 17.7 Å². The van der Waals surface area contributed by atoms with E-state index in [0.717, 1.165) is 17.0 Å². The van der Waals surface area contributed by atoms with Crippen molar-refractivity contribution in [1.29, 1.82) is 0 Å². The van der Waals surface area contributed by atoms with Crippen molar-refractivity contribution in [2.24, 2.45) is 5.10 Å². The highest BCUT2D eigenvalue weighted by Crippen LogP contribution is 2.13. The van der Waals surface area contributed by atoms with Gasteiger partial charge in [-0.3, -0.25) is 4.79 Å². The number of carbonyl (C=O) groups is 1. The van der Waals surface area contributed by atoms with Gasteiger partial charge in [-0.15, -0.1) is 0 Å². The first-order valence-electron chi connectivity index (χ1n) is 4.93. The number of hydrogen-bond donors (Lipinski definition) is 2. The van der Waals surface area contributed by atoms with Crippen molar-refractivity contribution in [3.63, 3.8) is 0 Å². The van der Waals surface area contributed by atoms with Crippen LogP contribution in [0.15, 0.2) is 29.4 Å². The minimum Gasteiger partial charge on any atom is -0.388 e. The van der Waals surface area contributed by atoms with E-state index < -0.39 is 0 Å². The molecule has 2 rings (SSSR count). The molecule has 1 amide bonds. The standard InChI is InChI=1S/C11H13N3O/c1-12-9-4-2-8(3-5-9)10-6-7-11(15)14-13-10/h2-5,12H,6-7H2,1H3,(H,14,15). The molecule has 0 fully saturated rings. The highest BCUT2D eigenvalue weighted by Gasteiger charge is 2.12. The SMILES string of the molecule is CNc1ccc(C2=NNC(=O)CC2)cc1. The van der Waals surface area contributed by atoms with E-state index in [4.69, 9.17) is 0 Å². The largest absolute Gasteiger partial charge is 0.388 e.